The largest absolute Gasteiger partial charge is 0.497 e. The van der Waals surface area contributed by atoms with Crippen LogP contribution in [0.15, 0.2) is 35.7 Å². The molecule has 3 rings (SSSR count). The van der Waals surface area contributed by atoms with Gasteiger partial charge in [-0.1, -0.05) is 23.9 Å². The molecule has 26 heavy (non-hydrogen) atoms. The number of ether oxygens (including phenoxy) is 2. The molecule has 2 aromatic heterocycles. The molecule has 0 N–H and O–H groups in total. The standard InChI is InChI=1S/C18H23N5O2S/c1-22(9-10-24-3)16-15-17(23(2)12-19-15)21-18(20-16)26-11-13-5-7-14(25-4)8-6-13/h5-8,12H,9-11H2,1-4H3. The molecule has 0 spiro atoms. The molecule has 0 saturated carbocycles. The molecule has 0 saturated heterocycles. The SMILES string of the molecule is COCCN(C)c1nc(SCc2ccc(OC)cc2)nc2c1ncn2C. The Balaban J connectivity index is 1.84. The van der Waals surface area contributed by atoms with Gasteiger partial charge in [0.25, 0.3) is 0 Å². The van der Waals surface area contributed by atoms with Crippen LogP contribution in [0.3, 0.4) is 0 Å². The third kappa shape index (κ3) is 4.08. The number of likely N-dealkylation sites (N-methyl/N-ethyl adjacent to an activating group) is 1. The van der Waals surface area contributed by atoms with Gasteiger partial charge in [-0.3, -0.25) is 0 Å². The third-order valence-corrected chi connectivity index (χ3v) is 4.96. The second kappa shape index (κ2) is 8.37. The summed E-state index contributed by atoms with van der Waals surface area (Å²) in [7, 11) is 7.30. The van der Waals surface area contributed by atoms with E-state index in [0.29, 0.717) is 6.61 Å². The molecule has 0 atom stereocenters. The van der Waals surface area contributed by atoms with E-state index in [-0.39, 0.29) is 0 Å². The predicted octanol–water partition coefficient (Wildman–Crippen LogP) is 2.75. The Bertz CT molecular complexity index is 866. The second-order valence-electron chi connectivity index (χ2n) is 5.91. The number of imidazole rings is 1. The van der Waals surface area contributed by atoms with Crippen LogP contribution in [0.1, 0.15) is 5.56 Å². The number of aryl methyl sites for hydroxylation is 1. The van der Waals surface area contributed by atoms with E-state index in [1.807, 2.05) is 30.8 Å². The van der Waals surface area contributed by atoms with Crippen LogP contribution in [0.5, 0.6) is 5.75 Å². The first kappa shape index (κ1) is 18.5. The van der Waals surface area contributed by atoms with Gasteiger partial charge in [0, 0.05) is 33.5 Å². The first-order valence-electron chi connectivity index (χ1n) is 8.27. The second-order valence-corrected chi connectivity index (χ2v) is 6.85. The van der Waals surface area contributed by atoms with Gasteiger partial charge in [-0.15, -0.1) is 0 Å². The molecule has 3 aromatic rings. The quantitative estimate of drug-likeness (QED) is 0.444. The molecule has 0 unspecified atom stereocenters. The number of nitrogens with zero attached hydrogens (tertiary/aromatic N) is 5. The molecule has 1 aromatic carbocycles. The first-order valence-corrected chi connectivity index (χ1v) is 9.25. The number of aromatic nitrogens is 4. The van der Waals surface area contributed by atoms with Crippen molar-refractivity contribution in [2.45, 2.75) is 10.9 Å². The molecule has 0 aliphatic rings. The van der Waals surface area contributed by atoms with Gasteiger partial charge in [-0.2, -0.15) is 0 Å². The van der Waals surface area contributed by atoms with E-state index in [9.17, 15) is 0 Å². The summed E-state index contributed by atoms with van der Waals surface area (Å²) in [6, 6.07) is 8.04. The summed E-state index contributed by atoms with van der Waals surface area (Å²) in [4.78, 5) is 15.9. The van der Waals surface area contributed by atoms with E-state index in [1.54, 1.807) is 32.3 Å². The van der Waals surface area contributed by atoms with Crippen LogP contribution in [0.2, 0.25) is 0 Å². The Hall–Kier alpha value is -2.32. The zero-order valence-corrected chi connectivity index (χ0v) is 16.3. The van der Waals surface area contributed by atoms with E-state index >= 15 is 0 Å². The van der Waals surface area contributed by atoms with Gasteiger partial charge in [0.1, 0.15) is 5.75 Å². The van der Waals surface area contributed by atoms with Crippen molar-refractivity contribution < 1.29 is 9.47 Å². The number of benzene rings is 1. The van der Waals surface area contributed by atoms with Gasteiger partial charge in [0.05, 0.1) is 20.0 Å². The van der Waals surface area contributed by atoms with Crippen LogP contribution >= 0.6 is 11.8 Å². The summed E-state index contributed by atoms with van der Waals surface area (Å²) < 4.78 is 12.3. The smallest absolute Gasteiger partial charge is 0.191 e. The lowest BCUT2D eigenvalue weighted by atomic mass is 10.2. The fraction of sp³-hybridized carbons (Fsp3) is 0.389. The Labute approximate surface area is 157 Å². The van der Waals surface area contributed by atoms with Crippen molar-refractivity contribution in [2.24, 2.45) is 7.05 Å². The van der Waals surface area contributed by atoms with Gasteiger partial charge < -0.3 is 18.9 Å². The number of thioether (sulfide) groups is 1. The molecule has 0 aliphatic carbocycles. The highest BCUT2D eigenvalue weighted by atomic mass is 32.2. The van der Waals surface area contributed by atoms with Gasteiger partial charge in [0.15, 0.2) is 22.1 Å². The van der Waals surface area contributed by atoms with Crippen molar-refractivity contribution in [3.05, 3.63) is 36.2 Å². The average molecular weight is 373 g/mol. The minimum absolute atomic E-state index is 0.628. The van der Waals surface area contributed by atoms with Gasteiger partial charge in [-0.25, -0.2) is 15.0 Å². The summed E-state index contributed by atoms with van der Waals surface area (Å²) in [5.74, 6) is 2.47. The molecule has 0 bridgehead atoms. The Morgan fingerprint density at radius 3 is 2.62 bits per heavy atom. The molecule has 0 amide bonds. The highest BCUT2D eigenvalue weighted by Crippen LogP contribution is 2.27. The van der Waals surface area contributed by atoms with Crippen molar-refractivity contribution >= 4 is 28.7 Å². The molecule has 138 valence electrons. The molecule has 0 aliphatic heterocycles. The molecule has 7 nitrogen and oxygen atoms in total. The number of rotatable bonds is 8. The van der Waals surface area contributed by atoms with Crippen molar-refractivity contribution in [1.29, 1.82) is 0 Å². The molecule has 0 fully saturated rings. The normalized spacial score (nSPS) is 11.1. The van der Waals surface area contributed by atoms with Gasteiger partial charge >= 0.3 is 0 Å². The Kier molecular flexibility index (Phi) is 5.95. The lowest BCUT2D eigenvalue weighted by Crippen LogP contribution is -2.23. The summed E-state index contributed by atoms with van der Waals surface area (Å²) in [5, 5.41) is 0.733. The lowest BCUT2D eigenvalue weighted by molar-refractivity contribution is 0.206. The highest BCUT2D eigenvalue weighted by Gasteiger charge is 2.15. The molecular formula is C18H23N5O2S. The maximum atomic E-state index is 5.20. The van der Waals surface area contributed by atoms with E-state index < -0.39 is 0 Å². The summed E-state index contributed by atoms with van der Waals surface area (Å²) >= 11 is 1.61. The number of methoxy groups -OCH3 is 2. The molecule has 0 radical (unpaired) electrons. The topological polar surface area (TPSA) is 65.3 Å². The van der Waals surface area contributed by atoms with E-state index in [4.69, 9.17) is 14.5 Å². The van der Waals surface area contributed by atoms with Crippen LogP contribution in [0.4, 0.5) is 5.82 Å². The van der Waals surface area contributed by atoms with Crippen molar-refractivity contribution in [1.82, 2.24) is 19.5 Å². The van der Waals surface area contributed by atoms with Gasteiger partial charge in [-0.05, 0) is 17.7 Å². The van der Waals surface area contributed by atoms with Crippen LogP contribution in [-0.4, -0.2) is 53.9 Å². The van der Waals surface area contributed by atoms with Crippen molar-refractivity contribution in [2.75, 3.05) is 39.3 Å². The fourth-order valence-electron chi connectivity index (χ4n) is 2.51. The molecular weight excluding hydrogens is 350 g/mol. The maximum absolute atomic E-state index is 5.20. The zero-order valence-electron chi connectivity index (χ0n) is 15.5. The van der Waals surface area contributed by atoms with Crippen LogP contribution in [-0.2, 0) is 17.5 Å². The van der Waals surface area contributed by atoms with Gasteiger partial charge in [0.2, 0.25) is 0 Å². The van der Waals surface area contributed by atoms with Crippen molar-refractivity contribution in [3.63, 3.8) is 0 Å². The maximum Gasteiger partial charge on any atom is 0.191 e. The number of hydrogen-bond acceptors (Lipinski definition) is 7. The summed E-state index contributed by atoms with van der Waals surface area (Å²) in [6.45, 7) is 1.37. The number of fused-ring (bicyclic) bond motifs is 1. The minimum Gasteiger partial charge on any atom is -0.497 e. The summed E-state index contributed by atoms with van der Waals surface area (Å²) in [5.41, 5.74) is 2.83. The lowest BCUT2D eigenvalue weighted by Gasteiger charge is -2.18. The van der Waals surface area contributed by atoms with E-state index in [1.165, 1.54) is 5.56 Å². The average Bonchev–Trinajstić information content (AvgIpc) is 3.05. The van der Waals surface area contributed by atoms with Crippen molar-refractivity contribution in [3.8, 4) is 5.75 Å². The highest BCUT2D eigenvalue weighted by molar-refractivity contribution is 7.98. The molecule has 8 heteroatoms. The monoisotopic (exact) mass is 373 g/mol. The summed E-state index contributed by atoms with van der Waals surface area (Å²) in [6.07, 6.45) is 1.77. The predicted molar refractivity (Wildman–Crippen MR) is 104 cm³/mol. The Morgan fingerprint density at radius 1 is 1.15 bits per heavy atom. The number of hydrogen-bond donors (Lipinski definition) is 0. The third-order valence-electron chi connectivity index (χ3n) is 4.04. The van der Waals surface area contributed by atoms with Crippen LogP contribution in [0.25, 0.3) is 11.2 Å². The first-order chi connectivity index (χ1) is 12.6. The number of anilines is 1. The van der Waals surface area contributed by atoms with Crippen LogP contribution in [0, 0.1) is 0 Å². The fourth-order valence-corrected chi connectivity index (χ4v) is 3.30. The van der Waals surface area contributed by atoms with E-state index in [2.05, 4.69) is 27.0 Å². The Morgan fingerprint density at radius 2 is 1.92 bits per heavy atom. The molecule has 2 heterocycles. The van der Waals surface area contributed by atoms with E-state index in [0.717, 1.165) is 40.2 Å². The zero-order chi connectivity index (χ0) is 18.5. The van der Waals surface area contributed by atoms with Crippen LogP contribution < -0.4 is 9.64 Å². The minimum atomic E-state index is 0.628.